The first-order chi connectivity index (χ1) is 4.95. The van der Waals surface area contributed by atoms with E-state index in [0.29, 0.717) is 5.41 Å². The molecule has 0 spiro atoms. The van der Waals surface area contributed by atoms with Gasteiger partial charge in [0, 0.05) is 11.6 Å². The maximum Gasteiger partial charge on any atom is 1.00 e. The Morgan fingerprint density at radius 1 is 1.50 bits per heavy atom. The van der Waals surface area contributed by atoms with E-state index in [4.69, 9.17) is 0 Å². The molecule has 0 aromatic heterocycles. The van der Waals surface area contributed by atoms with Gasteiger partial charge in [0.05, 0.1) is 0 Å². The molecule has 0 saturated heterocycles. The summed E-state index contributed by atoms with van der Waals surface area (Å²) in [4.78, 5) is 10.3. The first-order valence-corrected chi connectivity index (χ1v) is 3.98. The van der Waals surface area contributed by atoms with Gasteiger partial charge in [0.1, 0.15) is 10.1 Å². The Balaban J connectivity index is 0. The maximum atomic E-state index is 10.3. The van der Waals surface area contributed by atoms with Crippen molar-refractivity contribution in [3.63, 3.8) is 0 Å². The molecule has 0 saturated carbocycles. The number of hydrogen-bond acceptors (Lipinski definition) is 4. The second kappa shape index (κ2) is 6.38. The Morgan fingerprint density at radius 2 is 2.00 bits per heavy atom. The quantitative estimate of drug-likeness (QED) is 0.288. The van der Waals surface area contributed by atoms with E-state index in [2.05, 4.69) is 6.58 Å². The van der Waals surface area contributed by atoms with E-state index in [-0.39, 0.29) is 29.6 Å². The van der Waals surface area contributed by atoms with E-state index in [9.17, 15) is 17.8 Å². The number of hydrogen-bond donors (Lipinski definition) is 1. The van der Waals surface area contributed by atoms with E-state index < -0.39 is 16.0 Å². The molecular weight excluding hydrogens is 193 g/mol. The zero-order valence-corrected chi connectivity index (χ0v) is 9.30. The zero-order chi connectivity index (χ0) is 8.91. The van der Waals surface area contributed by atoms with Crippen LogP contribution < -0.4 is 34.9 Å². The molecule has 0 atom stereocenters. The largest absolute Gasteiger partial charge is 1.00 e. The van der Waals surface area contributed by atoms with Crippen molar-refractivity contribution in [2.45, 2.75) is 0 Å². The molecule has 0 heterocycles. The van der Waals surface area contributed by atoms with Gasteiger partial charge >= 0.3 is 29.6 Å². The molecule has 7 heteroatoms. The summed E-state index contributed by atoms with van der Waals surface area (Å²) in [5.41, 5.74) is 0. The van der Waals surface area contributed by atoms with Gasteiger partial charge in [0.2, 0.25) is 5.91 Å². The smallest absolute Gasteiger partial charge is 0.744 e. The van der Waals surface area contributed by atoms with Crippen LogP contribution in [0.3, 0.4) is 0 Å². The van der Waals surface area contributed by atoms with Gasteiger partial charge in [-0.15, -0.1) is 0 Å². The van der Waals surface area contributed by atoms with Crippen LogP contribution in [0, 0.1) is 0 Å². The van der Waals surface area contributed by atoms with Gasteiger partial charge in [-0.05, 0) is 6.08 Å². The van der Waals surface area contributed by atoms with Crippen LogP contribution in [0.25, 0.3) is 0 Å². The van der Waals surface area contributed by atoms with Crippen molar-refractivity contribution in [2.75, 3.05) is 0 Å². The summed E-state index contributed by atoms with van der Waals surface area (Å²) in [6.45, 7) is 3.10. The molecule has 62 valence electrons. The molecule has 5 nitrogen and oxygen atoms in total. The van der Waals surface area contributed by atoms with E-state index in [1.165, 1.54) is 0 Å². The number of nitrogens with one attached hydrogen (secondary N) is 1. The molecular formula is C5H6NNaO4S. The Morgan fingerprint density at radius 3 is 2.33 bits per heavy atom. The first kappa shape index (κ1) is 14.4. The summed E-state index contributed by atoms with van der Waals surface area (Å²) < 4.78 is 29.6. The summed E-state index contributed by atoms with van der Waals surface area (Å²) in [5, 5.41) is 2.31. The monoisotopic (exact) mass is 199 g/mol. The number of carbonyl (C=O) groups is 1. The average Bonchev–Trinajstić information content (AvgIpc) is 1.85. The van der Waals surface area contributed by atoms with E-state index in [0.717, 1.165) is 12.3 Å². The van der Waals surface area contributed by atoms with Gasteiger partial charge < -0.3 is 9.87 Å². The fourth-order valence-corrected chi connectivity index (χ4v) is 0.493. The minimum absolute atomic E-state index is 0. The number of carbonyl (C=O) groups excluding carboxylic acids is 1. The van der Waals surface area contributed by atoms with Gasteiger partial charge in [-0.2, -0.15) is 0 Å². The van der Waals surface area contributed by atoms with E-state index in [1.807, 2.05) is 5.32 Å². The van der Waals surface area contributed by atoms with E-state index in [1.54, 1.807) is 0 Å². The molecule has 1 amide bonds. The average molecular weight is 199 g/mol. The van der Waals surface area contributed by atoms with Gasteiger partial charge in [0.15, 0.2) is 0 Å². The van der Waals surface area contributed by atoms with Crippen LogP contribution in [-0.4, -0.2) is 18.9 Å². The van der Waals surface area contributed by atoms with Crippen molar-refractivity contribution in [1.29, 1.82) is 0 Å². The van der Waals surface area contributed by atoms with Crippen LogP contribution in [0.1, 0.15) is 0 Å². The predicted molar refractivity (Wildman–Crippen MR) is 37.2 cm³/mol. The molecule has 0 rings (SSSR count). The van der Waals surface area contributed by atoms with Crippen LogP contribution in [0.5, 0.6) is 0 Å². The number of rotatable bonds is 3. The first-order valence-electron chi connectivity index (χ1n) is 2.51. The van der Waals surface area contributed by atoms with Crippen molar-refractivity contribution < 1.29 is 47.3 Å². The fraction of sp³-hybridized carbons (Fsp3) is 0. The van der Waals surface area contributed by atoms with Gasteiger partial charge in [0.25, 0.3) is 0 Å². The third kappa shape index (κ3) is 9.86. The van der Waals surface area contributed by atoms with E-state index >= 15 is 0 Å². The Hall–Kier alpha value is -0.140. The van der Waals surface area contributed by atoms with Crippen molar-refractivity contribution in [2.24, 2.45) is 0 Å². The molecule has 0 fully saturated rings. The molecule has 0 unspecified atom stereocenters. The number of amides is 1. The summed E-state index contributed by atoms with van der Waals surface area (Å²) >= 11 is 0. The fourth-order valence-electron chi connectivity index (χ4n) is 0.258. The molecule has 0 aromatic carbocycles. The van der Waals surface area contributed by atoms with Crippen LogP contribution >= 0.6 is 0 Å². The van der Waals surface area contributed by atoms with Crippen LogP contribution in [0.2, 0.25) is 0 Å². The van der Waals surface area contributed by atoms with Crippen molar-refractivity contribution >= 4 is 16.0 Å². The topological polar surface area (TPSA) is 86.3 Å². The van der Waals surface area contributed by atoms with Crippen molar-refractivity contribution in [3.05, 3.63) is 24.3 Å². The maximum absolute atomic E-state index is 10.3. The second-order valence-corrected chi connectivity index (χ2v) is 2.77. The predicted octanol–water partition coefficient (Wildman–Crippen LogP) is -3.69. The van der Waals surface area contributed by atoms with Gasteiger partial charge in [-0.1, -0.05) is 6.58 Å². The van der Waals surface area contributed by atoms with Crippen molar-refractivity contribution in [1.82, 2.24) is 5.32 Å². The Bertz CT molecular complexity index is 282. The molecule has 1 N–H and O–H groups in total. The Labute approximate surface area is 92.6 Å². The zero-order valence-electron chi connectivity index (χ0n) is 6.48. The Kier molecular flexibility index (Phi) is 7.65. The molecule has 0 aliphatic rings. The third-order valence-corrected chi connectivity index (χ3v) is 1.12. The summed E-state index contributed by atoms with van der Waals surface area (Å²) in [7, 11) is -4.41. The summed E-state index contributed by atoms with van der Waals surface area (Å²) in [6.07, 6.45) is 1.69. The second-order valence-electron chi connectivity index (χ2n) is 1.51. The normalized spacial score (nSPS) is 10.4. The molecule has 0 aliphatic carbocycles. The minimum Gasteiger partial charge on any atom is -0.744 e. The molecule has 12 heavy (non-hydrogen) atoms. The SMILES string of the molecule is C=CC(=O)NC=CS(=O)(=O)[O-].[Na+]. The van der Waals surface area contributed by atoms with Crippen LogP contribution in [-0.2, 0) is 14.9 Å². The van der Waals surface area contributed by atoms with Crippen molar-refractivity contribution in [3.8, 4) is 0 Å². The summed E-state index contributed by atoms with van der Waals surface area (Å²) in [5.74, 6) is -0.579. The minimum atomic E-state index is -4.41. The third-order valence-electron chi connectivity index (χ3n) is 0.646. The standard InChI is InChI=1S/C5H7NO4S.Na/c1-2-5(7)6-3-4-11(8,9)10;/h2-4H,1H2,(H,6,7)(H,8,9,10);/q;+1/p-1. The summed E-state index contributed by atoms with van der Waals surface area (Å²) in [6, 6.07) is 0. The molecule has 0 aromatic rings. The van der Waals surface area contributed by atoms with Gasteiger partial charge in [-0.3, -0.25) is 4.79 Å². The van der Waals surface area contributed by atoms with Crippen LogP contribution in [0.4, 0.5) is 0 Å². The van der Waals surface area contributed by atoms with Gasteiger partial charge in [-0.25, -0.2) is 8.42 Å². The molecule has 0 bridgehead atoms. The molecule has 0 aliphatic heterocycles. The molecule has 0 radical (unpaired) electrons. The van der Waals surface area contributed by atoms with Crippen LogP contribution in [0.15, 0.2) is 24.3 Å².